The number of likely N-dealkylation sites (tertiary alicyclic amines) is 1. The number of sulfone groups is 1. The minimum Gasteiger partial charge on any atom is -0.472 e. The number of fused-ring (bicyclic) bond motifs is 3. The van der Waals surface area contributed by atoms with Crippen molar-refractivity contribution in [3.8, 4) is 11.1 Å². The van der Waals surface area contributed by atoms with Crippen LogP contribution in [0.3, 0.4) is 0 Å². The minimum absolute atomic E-state index is 0.0505. The van der Waals surface area contributed by atoms with E-state index in [1.165, 1.54) is 12.1 Å². The quantitative estimate of drug-likeness (QED) is 0.690. The van der Waals surface area contributed by atoms with Crippen LogP contribution in [0, 0.1) is 5.82 Å². The van der Waals surface area contributed by atoms with Crippen molar-refractivity contribution in [2.75, 3.05) is 13.1 Å². The summed E-state index contributed by atoms with van der Waals surface area (Å²) in [5, 5.41) is -0.430. The average molecular weight is 383 g/mol. The molecule has 1 aromatic heterocycles. The van der Waals surface area contributed by atoms with E-state index in [4.69, 9.17) is 4.42 Å². The molecule has 2 atom stereocenters. The zero-order valence-corrected chi connectivity index (χ0v) is 15.3. The molecular weight excluding hydrogens is 365 g/mol. The Labute approximate surface area is 157 Å². The molecule has 0 unspecified atom stereocenters. The molecule has 1 fully saturated rings. The highest BCUT2D eigenvalue weighted by atomic mass is 32.2. The third-order valence-electron chi connectivity index (χ3n) is 5.61. The Bertz CT molecular complexity index is 1110. The Balaban J connectivity index is 1.47. The molecule has 0 radical (unpaired) electrons. The number of rotatable bonds is 3. The highest BCUT2D eigenvalue weighted by molar-refractivity contribution is 7.92. The van der Waals surface area contributed by atoms with E-state index in [1.807, 2.05) is 24.3 Å². The van der Waals surface area contributed by atoms with Crippen LogP contribution in [0.5, 0.6) is 0 Å². The van der Waals surface area contributed by atoms with Gasteiger partial charge in [-0.25, -0.2) is 12.8 Å². The van der Waals surface area contributed by atoms with Crippen LogP contribution >= 0.6 is 0 Å². The number of nitrogens with zero attached hydrogens (tertiary/aromatic N) is 1. The number of benzene rings is 2. The predicted octanol–water partition coefficient (Wildman–Crippen LogP) is 3.84. The largest absolute Gasteiger partial charge is 0.472 e. The maximum absolute atomic E-state index is 13.4. The number of halogens is 1. The van der Waals surface area contributed by atoms with Gasteiger partial charge in [-0.3, -0.25) is 4.90 Å². The van der Waals surface area contributed by atoms with Gasteiger partial charge in [0.25, 0.3) is 0 Å². The molecule has 0 N–H and O–H groups in total. The smallest absolute Gasteiger partial charge is 0.183 e. The van der Waals surface area contributed by atoms with Crippen LogP contribution in [-0.4, -0.2) is 31.7 Å². The van der Waals surface area contributed by atoms with E-state index in [1.54, 1.807) is 24.7 Å². The maximum Gasteiger partial charge on any atom is 0.183 e. The van der Waals surface area contributed by atoms with Gasteiger partial charge in [-0.1, -0.05) is 18.2 Å². The number of furan rings is 1. The van der Waals surface area contributed by atoms with Crippen molar-refractivity contribution in [3.05, 3.63) is 78.0 Å². The lowest BCUT2D eigenvalue weighted by Gasteiger charge is -2.17. The monoisotopic (exact) mass is 383 g/mol. The molecule has 5 rings (SSSR count). The van der Waals surface area contributed by atoms with E-state index in [0.717, 1.165) is 22.3 Å². The fourth-order valence-electron chi connectivity index (χ4n) is 4.36. The van der Waals surface area contributed by atoms with Gasteiger partial charge in [0.15, 0.2) is 9.84 Å². The summed E-state index contributed by atoms with van der Waals surface area (Å²) in [7, 11) is -3.34. The van der Waals surface area contributed by atoms with Crippen molar-refractivity contribution >= 4 is 9.84 Å². The van der Waals surface area contributed by atoms with Crippen LogP contribution < -0.4 is 0 Å². The minimum atomic E-state index is -3.34. The van der Waals surface area contributed by atoms with E-state index in [9.17, 15) is 12.8 Å². The molecule has 3 aromatic rings. The Hall–Kier alpha value is -2.44. The van der Waals surface area contributed by atoms with Crippen molar-refractivity contribution in [3.63, 3.8) is 0 Å². The molecule has 6 heteroatoms. The molecule has 2 aromatic carbocycles. The normalized spacial score (nSPS) is 23.3. The Morgan fingerprint density at radius 1 is 1.07 bits per heavy atom. The van der Waals surface area contributed by atoms with Gasteiger partial charge >= 0.3 is 0 Å². The van der Waals surface area contributed by atoms with Crippen LogP contribution in [0.4, 0.5) is 4.39 Å². The highest BCUT2D eigenvalue weighted by Crippen LogP contribution is 2.46. The first-order chi connectivity index (χ1) is 13.0. The second-order valence-electron chi connectivity index (χ2n) is 7.28. The molecular formula is C21H18FNO3S. The summed E-state index contributed by atoms with van der Waals surface area (Å²) >= 11 is 0. The molecule has 1 saturated heterocycles. The number of hydrogen-bond acceptors (Lipinski definition) is 4. The molecule has 3 heterocycles. The summed E-state index contributed by atoms with van der Waals surface area (Å²) in [6, 6.07) is 13.9. The van der Waals surface area contributed by atoms with Crippen molar-refractivity contribution < 1.29 is 17.2 Å². The first kappa shape index (κ1) is 16.7. The van der Waals surface area contributed by atoms with Crippen LogP contribution in [0.2, 0.25) is 0 Å². The molecule has 27 heavy (non-hydrogen) atoms. The fraction of sp³-hybridized carbons (Fsp3) is 0.238. The van der Waals surface area contributed by atoms with Gasteiger partial charge in [-0.05, 0) is 47.0 Å². The van der Waals surface area contributed by atoms with Gasteiger partial charge in [-0.15, -0.1) is 0 Å². The second-order valence-corrected chi connectivity index (χ2v) is 9.41. The van der Waals surface area contributed by atoms with Crippen molar-refractivity contribution in [1.29, 1.82) is 0 Å². The Kier molecular flexibility index (Phi) is 3.74. The standard InChI is InChI=1S/C21H18FNO3S/c22-17-3-1-2-14(8-17)10-23-11-19-18-9-15(16-6-7-26-13-16)4-5-20(18)27(24,25)21(19)12-23/h1-9,13,19,21H,10-12H2/t19-,21+/m1/s1. The molecule has 0 saturated carbocycles. The zero-order chi connectivity index (χ0) is 18.6. The predicted molar refractivity (Wildman–Crippen MR) is 99.5 cm³/mol. The SMILES string of the molecule is O=S1(=O)c2ccc(-c3ccoc3)cc2[C@H]2CN(Cc3cccc(F)c3)C[C@@H]21. The van der Waals surface area contributed by atoms with Crippen molar-refractivity contribution in [2.24, 2.45) is 0 Å². The van der Waals surface area contributed by atoms with Crippen LogP contribution in [0.15, 0.2) is 70.4 Å². The highest BCUT2D eigenvalue weighted by Gasteiger charge is 2.50. The fourth-order valence-corrected chi connectivity index (χ4v) is 6.55. The Morgan fingerprint density at radius 3 is 2.74 bits per heavy atom. The lowest BCUT2D eigenvalue weighted by Crippen LogP contribution is -2.25. The molecule has 2 aliphatic heterocycles. The average Bonchev–Trinajstić information content (AvgIpc) is 3.34. The van der Waals surface area contributed by atoms with Crippen molar-refractivity contribution in [1.82, 2.24) is 4.90 Å². The second kappa shape index (κ2) is 6.04. The summed E-state index contributed by atoms with van der Waals surface area (Å²) in [5.74, 6) is -0.319. The van der Waals surface area contributed by atoms with E-state index < -0.39 is 15.1 Å². The maximum atomic E-state index is 13.4. The zero-order valence-electron chi connectivity index (χ0n) is 14.5. The topological polar surface area (TPSA) is 50.5 Å². The number of hydrogen-bond donors (Lipinski definition) is 0. The van der Waals surface area contributed by atoms with E-state index >= 15 is 0 Å². The summed E-state index contributed by atoms with van der Waals surface area (Å²) in [5.41, 5.74) is 3.65. The summed E-state index contributed by atoms with van der Waals surface area (Å²) in [6.45, 7) is 1.68. The molecule has 0 spiro atoms. The molecule has 138 valence electrons. The molecule has 0 bridgehead atoms. The third kappa shape index (κ3) is 2.71. The van der Waals surface area contributed by atoms with Gasteiger partial charge in [0, 0.05) is 31.1 Å². The lowest BCUT2D eigenvalue weighted by molar-refractivity contribution is 0.325. The van der Waals surface area contributed by atoms with Gasteiger partial charge in [-0.2, -0.15) is 0 Å². The van der Waals surface area contributed by atoms with Gasteiger partial charge < -0.3 is 4.42 Å². The van der Waals surface area contributed by atoms with E-state index in [-0.39, 0.29) is 11.7 Å². The summed E-state index contributed by atoms with van der Waals surface area (Å²) in [6.07, 6.45) is 3.27. The van der Waals surface area contributed by atoms with Crippen LogP contribution in [0.25, 0.3) is 11.1 Å². The molecule has 0 amide bonds. The summed E-state index contributed by atoms with van der Waals surface area (Å²) in [4.78, 5) is 2.56. The Morgan fingerprint density at radius 2 is 1.96 bits per heavy atom. The van der Waals surface area contributed by atoms with Gasteiger partial charge in [0.1, 0.15) is 5.82 Å². The lowest BCUT2D eigenvalue weighted by atomic mass is 9.95. The molecule has 0 aliphatic carbocycles. The van der Waals surface area contributed by atoms with Crippen molar-refractivity contribution in [2.45, 2.75) is 22.6 Å². The van der Waals surface area contributed by atoms with Crippen LogP contribution in [0.1, 0.15) is 17.0 Å². The first-order valence-electron chi connectivity index (χ1n) is 8.89. The van der Waals surface area contributed by atoms with Gasteiger partial charge in [0.05, 0.1) is 22.7 Å². The van der Waals surface area contributed by atoms with Crippen LogP contribution in [-0.2, 0) is 16.4 Å². The third-order valence-corrected chi connectivity index (χ3v) is 7.87. The van der Waals surface area contributed by atoms with E-state index in [0.29, 0.717) is 24.5 Å². The van der Waals surface area contributed by atoms with E-state index in [2.05, 4.69) is 4.90 Å². The first-order valence-corrected chi connectivity index (χ1v) is 10.4. The molecule has 4 nitrogen and oxygen atoms in total. The van der Waals surface area contributed by atoms with Gasteiger partial charge in [0.2, 0.25) is 0 Å². The molecule has 2 aliphatic rings. The summed E-state index contributed by atoms with van der Waals surface area (Å²) < 4.78 is 44.6.